The average molecular weight is 1190 g/mol. The quantitative estimate of drug-likeness (QED) is 0.0207. The summed E-state index contributed by atoms with van der Waals surface area (Å²) in [6.45, 7) is 16.8. The maximum Gasteiger partial charge on any atom is 2.00 e. The van der Waals surface area contributed by atoms with Crippen molar-refractivity contribution >= 4 is 11.4 Å². The Morgan fingerprint density at radius 2 is 0.650 bits per heavy atom. The van der Waals surface area contributed by atoms with Crippen LogP contribution < -0.4 is 0 Å². The van der Waals surface area contributed by atoms with Gasteiger partial charge in [-0.1, -0.05) is 366 Å². The molecule has 80 heavy (non-hydrogen) atoms. The van der Waals surface area contributed by atoms with Gasteiger partial charge in [0, 0.05) is 23.3 Å². The molecular formula is C77H134N2Pd. The largest absolute Gasteiger partial charge is 2.00 e. The number of hydrogen-bond donors (Lipinski definition) is 0. The molecule has 2 aromatic carbocycles. The van der Waals surface area contributed by atoms with E-state index in [2.05, 4.69) is 102 Å². The Morgan fingerprint density at radius 3 is 0.988 bits per heavy atom. The van der Waals surface area contributed by atoms with Crippen LogP contribution in [0.5, 0.6) is 0 Å². The van der Waals surface area contributed by atoms with Crippen molar-refractivity contribution < 1.29 is 25.1 Å². The van der Waals surface area contributed by atoms with Gasteiger partial charge in [0.15, 0.2) is 0 Å². The molecule has 0 unspecified atom stereocenters. The summed E-state index contributed by atoms with van der Waals surface area (Å²) in [5.41, 5.74) is 17.4. The van der Waals surface area contributed by atoms with Crippen LogP contribution in [0.2, 0.25) is 0 Å². The minimum atomic E-state index is 0. The second-order valence-electron chi connectivity index (χ2n) is 24.2. The van der Waals surface area contributed by atoms with Crippen LogP contribution in [-0.4, -0.2) is 4.70 Å². The van der Waals surface area contributed by atoms with Crippen LogP contribution >= 0.6 is 0 Å². The molecule has 0 bridgehead atoms. The first kappa shape index (κ1) is 77.9. The summed E-state index contributed by atoms with van der Waals surface area (Å²) in [6.07, 6.45) is 82.9. The molecule has 0 spiro atoms. The second kappa shape index (κ2) is 63.0. The fourth-order valence-corrected chi connectivity index (χ4v) is 11.3. The third-order valence-electron chi connectivity index (χ3n) is 16.7. The Balaban J connectivity index is 0.00000129. The van der Waals surface area contributed by atoms with Gasteiger partial charge in [-0.15, -0.1) is 0 Å². The summed E-state index contributed by atoms with van der Waals surface area (Å²) < 4.78 is 1.35. The molecule has 0 aromatic heterocycles. The molecule has 0 radical (unpaired) electrons. The third-order valence-corrected chi connectivity index (χ3v) is 16.7. The Morgan fingerprint density at radius 1 is 0.350 bits per heavy atom. The molecule has 3 heteroatoms. The van der Waals surface area contributed by atoms with Crippen LogP contribution in [0, 0.1) is 13.8 Å². The van der Waals surface area contributed by atoms with Crippen molar-refractivity contribution in [3.8, 4) is 0 Å². The second-order valence-corrected chi connectivity index (χ2v) is 24.2. The summed E-state index contributed by atoms with van der Waals surface area (Å²) in [6, 6.07) is 17.0. The van der Waals surface area contributed by atoms with Gasteiger partial charge in [-0.05, 0) is 61.4 Å². The van der Waals surface area contributed by atoms with Gasteiger partial charge < -0.3 is 19.4 Å². The zero-order valence-corrected chi connectivity index (χ0v) is 55.6. The SMILES string of the molecule is CCCCCCCCCCCCCCCC=CCCc1ccccc1C1=CC=C(c2ccc(CC)cc2)[N+]1=[N-].[CH2-]CCCCCCCCCCCCCCCCCCC.[CH2-]CCCCCCCCCCCCCCCCCCC.[Pd+2]. The van der Waals surface area contributed by atoms with Crippen LogP contribution in [0.15, 0.2) is 72.8 Å². The smallest absolute Gasteiger partial charge is 0.493 e. The molecular weight excluding hydrogens is 1060 g/mol. The molecule has 2 nitrogen and oxygen atoms in total. The van der Waals surface area contributed by atoms with Crippen molar-refractivity contribution in [1.82, 2.24) is 0 Å². The van der Waals surface area contributed by atoms with Gasteiger partial charge in [0.05, 0.1) is 0 Å². The standard InChI is InChI=1S/C37H52N2.2C20H41.Pd/c1-3-5-6-7-8-9-10-11-12-13-14-15-16-17-18-19-20-23-33-24-21-22-25-35(33)37-31-30-36(39(37)38)34-28-26-32(4-2)27-29-34;2*1-3-5-7-9-11-13-15-17-19-20-18-16-14-12-10-8-6-4-2;/h18-19,21-22,24-31H,3-17,20,23H2,1-2H3;2*1,3-20H2,2H3;/q;2*-1;+2. The topological polar surface area (TPSA) is 25.3 Å². The van der Waals surface area contributed by atoms with Crippen molar-refractivity contribution in [3.05, 3.63) is 114 Å². The van der Waals surface area contributed by atoms with E-state index in [9.17, 15) is 5.53 Å². The predicted octanol–water partition coefficient (Wildman–Crippen LogP) is 27.4. The molecule has 0 saturated carbocycles. The van der Waals surface area contributed by atoms with Gasteiger partial charge >= 0.3 is 20.4 Å². The number of nitrogens with zero attached hydrogens (tertiary/aromatic N) is 2. The summed E-state index contributed by atoms with van der Waals surface area (Å²) in [7, 11) is 0. The minimum Gasteiger partial charge on any atom is -0.493 e. The molecule has 3 rings (SSSR count). The first-order chi connectivity index (χ1) is 39.1. The zero-order valence-electron chi connectivity index (χ0n) is 54.0. The fourth-order valence-electron chi connectivity index (χ4n) is 11.3. The Kier molecular flexibility index (Phi) is 61.3. The monoisotopic (exact) mass is 1190 g/mol. The predicted molar refractivity (Wildman–Crippen MR) is 358 cm³/mol. The normalized spacial score (nSPS) is 12.1. The number of aryl methyl sites for hydroxylation is 2. The third kappa shape index (κ3) is 47.3. The molecule has 1 aliphatic rings. The minimum absolute atomic E-state index is 0. The van der Waals surface area contributed by atoms with E-state index >= 15 is 0 Å². The van der Waals surface area contributed by atoms with Gasteiger partial charge in [0.2, 0.25) is 11.4 Å². The van der Waals surface area contributed by atoms with Crippen LogP contribution in [0.1, 0.15) is 377 Å². The van der Waals surface area contributed by atoms with Crippen molar-refractivity contribution in [1.29, 1.82) is 0 Å². The van der Waals surface area contributed by atoms with Gasteiger partial charge in [-0.25, -0.2) is 4.70 Å². The van der Waals surface area contributed by atoms with Crippen LogP contribution in [0.4, 0.5) is 0 Å². The van der Waals surface area contributed by atoms with Crippen molar-refractivity contribution in [2.24, 2.45) is 0 Å². The average Bonchev–Trinajstić information content (AvgIpc) is 3.86. The van der Waals surface area contributed by atoms with E-state index in [1.807, 2.05) is 12.2 Å². The van der Waals surface area contributed by atoms with Gasteiger partial charge in [0.25, 0.3) is 0 Å². The summed E-state index contributed by atoms with van der Waals surface area (Å²) in [4.78, 5) is 0. The Hall–Kier alpha value is -2.08. The first-order valence-electron chi connectivity index (χ1n) is 35.4. The van der Waals surface area contributed by atoms with Crippen molar-refractivity contribution in [2.75, 3.05) is 0 Å². The Labute approximate surface area is 515 Å². The van der Waals surface area contributed by atoms with Gasteiger partial charge in [-0.2, -0.15) is 12.8 Å². The van der Waals surface area contributed by atoms with Gasteiger partial charge in [0.1, 0.15) is 0 Å². The van der Waals surface area contributed by atoms with Gasteiger partial charge in [-0.3, -0.25) is 0 Å². The molecule has 462 valence electrons. The fraction of sp³-hybridized carbons (Fsp3) is 0.740. The molecule has 0 fully saturated rings. The molecule has 0 amide bonds. The van der Waals surface area contributed by atoms with E-state index in [1.165, 1.54) is 324 Å². The molecule has 1 heterocycles. The zero-order chi connectivity index (χ0) is 57.0. The number of allylic oxidation sites excluding steroid dienone is 4. The molecule has 0 aliphatic carbocycles. The maximum atomic E-state index is 11.0. The van der Waals surface area contributed by atoms with Crippen molar-refractivity contribution in [2.45, 2.75) is 368 Å². The van der Waals surface area contributed by atoms with E-state index in [0.717, 1.165) is 54.6 Å². The van der Waals surface area contributed by atoms with E-state index in [0.29, 0.717) is 0 Å². The van der Waals surface area contributed by atoms with E-state index in [1.54, 1.807) is 0 Å². The number of unbranched alkanes of at least 4 members (excludes halogenated alkanes) is 47. The summed E-state index contributed by atoms with van der Waals surface area (Å²) in [5.74, 6) is 0. The van der Waals surface area contributed by atoms with E-state index < -0.39 is 0 Å². The van der Waals surface area contributed by atoms with Crippen molar-refractivity contribution in [3.63, 3.8) is 0 Å². The molecule has 0 N–H and O–H groups in total. The molecule has 1 aliphatic heterocycles. The summed E-state index contributed by atoms with van der Waals surface area (Å²) in [5, 5.41) is 0. The number of hydrogen-bond acceptors (Lipinski definition) is 0. The molecule has 0 saturated heterocycles. The first-order valence-corrected chi connectivity index (χ1v) is 35.4. The van der Waals surface area contributed by atoms with Crippen LogP contribution in [0.25, 0.3) is 16.9 Å². The summed E-state index contributed by atoms with van der Waals surface area (Å²) >= 11 is 0. The van der Waals surface area contributed by atoms with E-state index in [4.69, 9.17) is 0 Å². The molecule has 0 atom stereocenters. The maximum absolute atomic E-state index is 11.0. The number of rotatable bonds is 54. The van der Waals surface area contributed by atoms with Crippen LogP contribution in [-0.2, 0) is 33.3 Å². The van der Waals surface area contributed by atoms with Crippen LogP contribution in [0.3, 0.4) is 0 Å². The Bertz CT molecular complexity index is 1600. The molecule has 2 aromatic rings. The van der Waals surface area contributed by atoms with E-state index in [-0.39, 0.29) is 20.4 Å². The number of benzene rings is 2.